The predicted octanol–water partition coefficient (Wildman–Crippen LogP) is 2.45. The van der Waals surface area contributed by atoms with Gasteiger partial charge in [0.05, 0.1) is 7.11 Å². The fourth-order valence-corrected chi connectivity index (χ4v) is 2.90. The topological polar surface area (TPSA) is 34.2 Å². The highest BCUT2D eigenvalue weighted by Gasteiger charge is 2.20. The molecule has 0 spiro atoms. The highest BCUT2D eigenvalue weighted by Crippen LogP contribution is 2.33. The molecule has 0 amide bonds. The van der Waals surface area contributed by atoms with Crippen LogP contribution in [0.4, 0.5) is 0 Å². The third-order valence-electron chi connectivity index (χ3n) is 3.70. The SMILES string of the molecule is CNCc1c2c(nc3c(OC)cccc13)CCC2. The van der Waals surface area contributed by atoms with E-state index in [2.05, 4.69) is 11.4 Å². The largest absolute Gasteiger partial charge is 0.494 e. The summed E-state index contributed by atoms with van der Waals surface area (Å²) in [5, 5.41) is 4.50. The van der Waals surface area contributed by atoms with E-state index in [0.29, 0.717) is 0 Å². The van der Waals surface area contributed by atoms with Crippen LogP contribution < -0.4 is 10.1 Å². The number of ether oxygens (including phenoxy) is 1. The van der Waals surface area contributed by atoms with Gasteiger partial charge in [-0.1, -0.05) is 12.1 Å². The molecule has 0 fully saturated rings. The Hall–Kier alpha value is -1.61. The molecule has 0 bridgehead atoms. The highest BCUT2D eigenvalue weighted by atomic mass is 16.5. The number of nitrogens with one attached hydrogen (secondary N) is 1. The van der Waals surface area contributed by atoms with E-state index in [4.69, 9.17) is 9.72 Å². The van der Waals surface area contributed by atoms with Crippen LogP contribution in [0.25, 0.3) is 10.9 Å². The zero-order valence-electron chi connectivity index (χ0n) is 10.9. The van der Waals surface area contributed by atoms with Crippen molar-refractivity contribution in [3.05, 3.63) is 35.0 Å². The molecule has 1 aliphatic carbocycles. The number of para-hydroxylation sites is 1. The van der Waals surface area contributed by atoms with Crippen molar-refractivity contribution in [2.75, 3.05) is 14.2 Å². The molecule has 1 heterocycles. The molecule has 2 aromatic rings. The second-order valence-electron chi connectivity index (χ2n) is 4.76. The van der Waals surface area contributed by atoms with Crippen LogP contribution in [0.2, 0.25) is 0 Å². The Kier molecular flexibility index (Phi) is 2.92. The summed E-state index contributed by atoms with van der Waals surface area (Å²) in [6.07, 6.45) is 3.48. The van der Waals surface area contributed by atoms with Gasteiger partial charge in [0.15, 0.2) is 0 Å². The molecule has 0 atom stereocenters. The second-order valence-corrected chi connectivity index (χ2v) is 4.76. The Morgan fingerprint density at radius 3 is 3.00 bits per heavy atom. The van der Waals surface area contributed by atoms with E-state index in [1.54, 1.807) is 7.11 Å². The van der Waals surface area contributed by atoms with Gasteiger partial charge in [0, 0.05) is 17.6 Å². The van der Waals surface area contributed by atoms with E-state index in [-0.39, 0.29) is 0 Å². The lowest BCUT2D eigenvalue weighted by Crippen LogP contribution is -2.09. The Labute approximate surface area is 107 Å². The van der Waals surface area contributed by atoms with Gasteiger partial charge in [0.25, 0.3) is 0 Å². The lowest BCUT2D eigenvalue weighted by atomic mass is 10.0. The van der Waals surface area contributed by atoms with Gasteiger partial charge in [0.2, 0.25) is 0 Å². The molecule has 0 saturated carbocycles. The van der Waals surface area contributed by atoms with Gasteiger partial charge in [-0.05, 0) is 43.5 Å². The molecule has 0 unspecified atom stereocenters. The Balaban J connectivity index is 2.33. The van der Waals surface area contributed by atoms with Crippen molar-refractivity contribution >= 4 is 10.9 Å². The number of hydrogen-bond acceptors (Lipinski definition) is 3. The lowest BCUT2D eigenvalue weighted by molar-refractivity contribution is 0.419. The zero-order chi connectivity index (χ0) is 12.5. The van der Waals surface area contributed by atoms with Crippen LogP contribution in [0.5, 0.6) is 5.75 Å². The first kappa shape index (κ1) is 11.5. The molecule has 1 aromatic heterocycles. The number of methoxy groups -OCH3 is 1. The fraction of sp³-hybridized carbons (Fsp3) is 0.400. The normalized spacial score (nSPS) is 13.9. The maximum absolute atomic E-state index is 5.44. The molecular formula is C15H18N2O. The molecule has 18 heavy (non-hydrogen) atoms. The van der Waals surface area contributed by atoms with Crippen LogP contribution in [0.15, 0.2) is 18.2 Å². The number of rotatable bonds is 3. The van der Waals surface area contributed by atoms with Crippen molar-refractivity contribution < 1.29 is 4.74 Å². The molecule has 3 heteroatoms. The van der Waals surface area contributed by atoms with Crippen LogP contribution in [0, 0.1) is 0 Å². The Morgan fingerprint density at radius 1 is 1.33 bits per heavy atom. The number of fused-ring (bicyclic) bond motifs is 2. The van der Waals surface area contributed by atoms with Crippen LogP contribution in [0.1, 0.15) is 23.2 Å². The van der Waals surface area contributed by atoms with Crippen LogP contribution in [-0.4, -0.2) is 19.1 Å². The molecule has 0 aliphatic heterocycles. The van der Waals surface area contributed by atoms with E-state index in [1.807, 2.05) is 19.2 Å². The first-order valence-electron chi connectivity index (χ1n) is 6.47. The van der Waals surface area contributed by atoms with Crippen molar-refractivity contribution in [1.82, 2.24) is 10.3 Å². The van der Waals surface area contributed by atoms with Crippen molar-refractivity contribution in [2.45, 2.75) is 25.8 Å². The molecule has 3 nitrogen and oxygen atoms in total. The number of hydrogen-bond donors (Lipinski definition) is 1. The number of benzene rings is 1. The quantitative estimate of drug-likeness (QED) is 0.897. The molecule has 0 saturated heterocycles. The van der Waals surface area contributed by atoms with Crippen molar-refractivity contribution in [2.24, 2.45) is 0 Å². The van der Waals surface area contributed by atoms with Crippen LogP contribution >= 0.6 is 0 Å². The maximum atomic E-state index is 5.44. The van der Waals surface area contributed by atoms with Crippen molar-refractivity contribution in [1.29, 1.82) is 0 Å². The van der Waals surface area contributed by atoms with Gasteiger partial charge in [-0.3, -0.25) is 0 Å². The summed E-state index contributed by atoms with van der Waals surface area (Å²) in [4.78, 5) is 4.82. The lowest BCUT2D eigenvalue weighted by Gasteiger charge is -2.13. The van der Waals surface area contributed by atoms with Gasteiger partial charge in [0.1, 0.15) is 11.3 Å². The van der Waals surface area contributed by atoms with Crippen LogP contribution in [-0.2, 0) is 19.4 Å². The van der Waals surface area contributed by atoms with Gasteiger partial charge < -0.3 is 10.1 Å². The summed E-state index contributed by atoms with van der Waals surface area (Å²) in [5.74, 6) is 0.875. The third-order valence-corrected chi connectivity index (χ3v) is 3.70. The minimum Gasteiger partial charge on any atom is -0.494 e. The first-order chi connectivity index (χ1) is 8.85. The molecule has 1 N–H and O–H groups in total. The smallest absolute Gasteiger partial charge is 0.145 e. The summed E-state index contributed by atoms with van der Waals surface area (Å²) in [6.45, 7) is 0.897. The Bertz CT molecular complexity index is 593. The zero-order valence-corrected chi connectivity index (χ0v) is 10.9. The minimum absolute atomic E-state index is 0.875. The van der Waals surface area contributed by atoms with Gasteiger partial charge in [-0.25, -0.2) is 4.98 Å². The predicted molar refractivity (Wildman–Crippen MR) is 73.1 cm³/mol. The van der Waals surface area contributed by atoms with E-state index in [0.717, 1.165) is 30.7 Å². The molecule has 1 aromatic carbocycles. The number of aryl methyl sites for hydroxylation is 1. The Morgan fingerprint density at radius 2 is 2.22 bits per heavy atom. The standard InChI is InChI=1S/C15H18N2O/c1-16-9-12-10-5-3-7-13(10)17-15-11(12)6-4-8-14(15)18-2/h4,6,8,16H,3,5,7,9H2,1-2H3. The summed E-state index contributed by atoms with van der Waals surface area (Å²) in [6, 6.07) is 6.18. The molecule has 0 radical (unpaired) electrons. The molecule has 94 valence electrons. The number of aromatic nitrogens is 1. The molecule has 3 rings (SSSR count). The van der Waals surface area contributed by atoms with Gasteiger partial charge in [-0.15, -0.1) is 0 Å². The second kappa shape index (κ2) is 4.58. The fourth-order valence-electron chi connectivity index (χ4n) is 2.90. The summed E-state index contributed by atoms with van der Waals surface area (Å²) >= 11 is 0. The van der Waals surface area contributed by atoms with E-state index in [1.165, 1.54) is 28.6 Å². The molecule has 1 aliphatic rings. The van der Waals surface area contributed by atoms with E-state index in [9.17, 15) is 0 Å². The minimum atomic E-state index is 0.875. The third kappa shape index (κ3) is 1.66. The van der Waals surface area contributed by atoms with Crippen molar-refractivity contribution in [3.63, 3.8) is 0 Å². The highest BCUT2D eigenvalue weighted by molar-refractivity contribution is 5.88. The average molecular weight is 242 g/mol. The maximum Gasteiger partial charge on any atom is 0.145 e. The number of nitrogens with zero attached hydrogens (tertiary/aromatic N) is 1. The number of pyridine rings is 1. The first-order valence-corrected chi connectivity index (χ1v) is 6.47. The van der Waals surface area contributed by atoms with Gasteiger partial charge >= 0.3 is 0 Å². The van der Waals surface area contributed by atoms with E-state index >= 15 is 0 Å². The van der Waals surface area contributed by atoms with Crippen molar-refractivity contribution in [3.8, 4) is 5.75 Å². The monoisotopic (exact) mass is 242 g/mol. The summed E-state index contributed by atoms with van der Waals surface area (Å²) < 4.78 is 5.44. The summed E-state index contributed by atoms with van der Waals surface area (Å²) in [5.41, 5.74) is 5.11. The average Bonchev–Trinajstić information content (AvgIpc) is 2.86. The van der Waals surface area contributed by atoms with Gasteiger partial charge in [-0.2, -0.15) is 0 Å². The van der Waals surface area contributed by atoms with E-state index < -0.39 is 0 Å². The summed E-state index contributed by atoms with van der Waals surface area (Å²) in [7, 11) is 3.70. The molecular weight excluding hydrogens is 224 g/mol. The van der Waals surface area contributed by atoms with Crippen LogP contribution in [0.3, 0.4) is 0 Å².